The lowest BCUT2D eigenvalue weighted by atomic mass is 10.2. The molecule has 0 aliphatic carbocycles. The molecule has 0 aliphatic heterocycles. The number of amides is 1. The quantitative estimate of drug-likeness (QED) is 0.657. The van der Waals surface area contributed by atoms with E-state index in [0.717, 1.165) is 24.5 Å². The number of benzene rings is 1. The van der Waals surface area contributed by atoms with Crippen molar-refractivity contribution >= 4 is 17.3 Å². The Hall–Kier alpha value is -1.59. The molecule has 0 aromatic heterocycles. The van der Waals surface area contributed by atoms with E-state index >= 15 is 0 Å². The van der Waals surface area contributed by atoms with Crippen molar-refractivity contribution in [2.75, 3.05) is 43.0 Å². The van der Waals surface area contributed by atoms with E-state index in [0.29, 0.717) is 13.1 Å². The molecule has 1 aromatic rings. The molecule has 0 heterocycles. The Balaban J connectivity index is 2.58. The van der Waals surface area contributed by atoms with Gasteiger partial charge in [0.15, 0.2) is 0 Å². The highest BCUT2D eigenvalue weighted by molar-refractivity contribution is 5.92. The van der Waals surface area contributed by atoms with Crippen LogP contribution in [0.4, 0.5) is 11.4 Å². The standard InChI is InChI=1S/C14H23N3O2/c1-3-15-11-14(19)16-12-5-7-13(8-6-12)17(4-2)9-10-18/h5-8,15,18H,3-4,9-11H2,1-2H3,(H,16,19). The van der Waals surface area contributed by atoms with Gasteiger partial charge in [-0.2, -0.15) is 0 Å². The summed E-state index contributed by atoms with van der Waals surface area (Å²) in [4.78, 5) is 13.6. The number of anilines is 2. The molecule has 19 heavy (non-hydrogen) atoms. The maximum atomic E-state index is 11.5. The second kappa shape index (κ2) is 8.50. The minimum Gasteiger partial charge on any atom is -0.395 e. The van der Waals surface area contributed by atoms with Crippen LogP contribution in [0.2, 0.25) is 0 Å². The van der Waals surface area contributed by atoms with Crippen LogP contribution in [0, 0.1) is 0 Å². The first kappa shape index (κ1) is 15.5. The van der Waals surface area contributed by atoms with Crippen LogP contribution in [-0.2, 0) is 4.79 Å². The van der Waals surface area contributed by atoms with Crippen molar-refractivity contribution in [2.24, 2.45) is 0 Å². The molecule has 1 aromatic carbocycles. The maximum absolute atomic E-state index is 11.5. The summed E-state index contributed by atoms with van der Waals surface area (Å²) in [7, 11) is 0. The van der Waals surface area contributed by atoms with Gasteiger partial charge >= 0.3 is 0 Å². The number of carbonyl (C=O) groups is 1. The Kier molecular flexibility index (Phi) is 6.92. The van der Waals surface area contributed by atoms with E-state index in [1.807, 2.05) is 38.1 Å². The minimum atomic E-state index is -0.0442. The molecule has 5 nitrogen and oxygen atoms in total. The maximum Gasteiger partial charge on any atom is 0.238 e. The predicted octanol–water partition coefficient (Wildman–Crippen LogP) is 1.05. The van der Waals surface area contributed by atoms with Gasteiger partial charge in [0.05, 0.1) is 13.2 Å². The van der Waals surface area contributed by atoms with Crippen LogP contribution in [0.25, 0.3) is 0 Å². The first-order valence-corrected chi connectivity index (χ1v) is 6.67. The molecule has 0 aliphatic rings. The molecule has 0 unspecified atom stereocenters. The highest BCUT2D eigenvalue weighted by Crippen LogP contribution is 2.17. The van der Waals surface area contributed by atoms with Gasteiger partial charge in [0.25, 0.3) is 0 Å². The van der Waals surface area contributed by atoms with Gasteiger partial charge in [-0.25, -0.2) is 0 Å². The van der Waals surface area contributed by atoms with E-state index in [1.54, 1.807) is 0 Å². The van der Waals surface area contributed by atoms with Gasteiger partial charge in [0.1, 0.15) is 0 Å². The summed E-state index contributed by atoms with van der Waals surface area (Å²) < 4.78 is 0. The van der Waals surface area contributed by atoms with Gasteiger partial charge in [-0.15, -0.1) is 0 Å². The van der Waals surface area contributed by atoms with Crippen LogP contribution in [-0.4, -0.2) is 43.8 Å². The van der Waals surface area contributed by atoms with Crippen molar-refractivity contribution in [3.8, 4) is 0 Å². The lowest BCUT2D eigenvalue weighted by molar-refractivity contribution is -0.115. The monoisotopic (exact) mass is 265 g/mol. The Bertz CT molecular complexity index is 379. The minimum absolute atomic E-state index is 0.0442. The molecule has 5 heteroatoms. The number of hydrogen-bond acceptors (Lipinski definition) is 4. The second-order valence-corrected chi connectivity index (χ2v) is 4.18. The number of carbonyl (C=O) groups excluding carboxylic acids is 1. The largest absolute Gasteiger partial charge is 0.395 e. The predicted molar refractivity (Wildman–Crippen MR) is 78.6 cm³/mol. The van der Waals surface area contributed by atoms with E-state index < -0.39 is 0 Å². The van der Waals surface area contributed by atoms with E-state index in [2.05, 4.69) is 15.5 Å². The number of rotatable bonds is 8. The van der Waals surface area contributed by atoms with Crippen LogP contribution in [0.3, 0.4) is 0 Å². The van der Waals surface area contributed by atoms with Crippen LogP contribution < -0.4 is 15.5 Å². The molecule has 0 saturated carbocycles. The van der Waals surface area contributed by atoms with Gasteiger partial charge in [-0.1, -0.05) is 6.92 Å². The van der Waals surface area contributed by atoms with E-state index in [1.165, 1.54) is 0 Å². The van der Waals surface area contributed by atoms with Crippen molar-refractivity contribution in [1.29, 1.82) is 0 Å². The SMILES string of the molecule is CCNCC(=O)Nc1ccc(N(CC)CCO)cc1. The molecule has 0 fully saturated rings. The summed E-state index contributed by atoms with van der Waals surface area (Å²) >= 11 is 0. The normalized spacial score (nSPS) is 10.3. The van der Waals surface area contributed by atoms with Gasteiger partial charge in [0.2, 0.25) is 5.91 Å². The van der Waals surface area contributed by atoms with E-state index in [9.17, 15) is 4.79 Å². The van der Waals surface area contributed by atoms with Crippen molar-refractivity contribution in [3.63, 3.8) is 0 Å². The van der Waals surface area contributed by atoms with Crippen molar-refractivity contribution < 1.29 is 9.90 Å². The first-order chi connectivity index (χ1) is 9.21. The third-order valence-corrected chi connectivity index (χ3v) is 2.80. The zero-order valence-corrected chi connectivity index (χ0v) is 11.6. The third kappa shape index (κ3) is 5.28. The third-order valence-electron chi connectivity index (χ3n) is 2.80. The summed E-state index contributed by atoms with van der Waals surface area (Å²) in [5.74, 6) is -0.0442. The topological polar surface area (TPSA) is 64.6 Å². The lowest BCUT2D eigenvalue weighted by Gasteiger charge is -2.22. The van der Waals surface area contributed by atoms with Crippen LogP contribution in [0.15, 0.2) is 24.3 Å². The highest BCUT2D eigenvalue weighted by atomic mass is 16.3. The average Bonchev–Trinajstić information content (AvgIpc) is 2.43. The van der Waals surface area contributed by atoms with E-state index in [4.69, 9.17) is 5.11 Å². The molecular weight excluding hydrogens is 242 g/mol. The van der Waals surface area contributed by atoms with Crippen LogP contribution in [0.5, 0.6) is 0 Å². The molecule has 1 rings (SSSR count). The zero-order valence-electron chi connectivity index (χ0n) is 11.6. The summed E-state index contributed by atoms with van der Waals surface area (Å²) in [6, 6.07) is 7.64. The Morgan fingerprint density at radius 2 is 1.95 bits per heavy atom. The highest BCUT2D eigenvalue weighted by Gasteiger charge is 2.04. The lowest BCUT2D eigenvalue weighted by Crippen LogP contribution is -2.28. The summed E-state index contributed by atoms with van der Waals surface area (Å²) in [5.41, 5.74) is 1.83. The van der Waals surface area contributed by atoms with Gasteiger partial charge in [0, 0.05) is 24.5 Å². The summed E-state index contributed by atoms with van der Waals surface area (Å²) in [6.45, 7) is 6.69. The molecule has 0 bridgehead atoms. The fourth-order valence-corrected chi connectivity index (χ4v) is 1.79. The molecule has 3 N–H and O–H groups in total. The Morgan fingerprint density at radius 3 is 2.47 bits per heavy atom. The Morgan fingerprint density at radius 1 is 1.26 bits per heavy atom. The van der Waals surface area contributed by atoms with Gasteiger partial charge in [-0.05, 0) is 37.7 Å². The number of aliphatic hydroxyl groups is 1. The van der Waals surface area contributed by atoms with Crippen molar-refractivity contribution in [2.45, 2.75) is 13.8 Å². The number of nitrogens with one attached hydrogen (secondary N) is 2. The fraction of sp³-hybridized carbons (Fsp3) is 0.500. The average molecular weight is 265 g/mol. The smallest absolute Gasteiger partial charge is 0.238 e. The number of hydrogen-bond donors (Lipinski definition) is 3. The summed E-state index contributed by atoms with van der Waals surface area (Å²) in [5, 5.41) is 14.8. The fourth-order valence-electron chi connectivity index (χ4n) is 1.79. The molecule has 0 spiro atoms. The molecule has 0 atom stereocenters. The Labute approximate surface area is 114 Å². The molecule has 106 valence electrons. The molecule has 0 radical (unpaired) electrons. The molecular formula is C14H23N3O2. The van der Waals surface area contributed by atoms with Crippen LogP contribution in [0.1, 0.15) is 13.8 Å². The summed E-state index contributed by atoms with van der Waals surface area (Å²) in [6.07, 6.45) is 0. The molecule has 1 amide bonds. The van der Waals surface area contributed by atoms with Gasteiger partial charge < -0.3 is 20.6 Å². The van der Waals surface area contributed by atoms with E-state index in [-0.39, 0.29) is 12.5 Å². The number of aliphatic hydroxyl groups excluding tert-OH is 1. The van der Waals surface area contributed by atoms with Crippen molar-refractivity contribution in [3.05, 3.63) is 24.3 Å². The number of likely N-dealkylation sites (N-methyl/N-ethyl adjacent to an activating group) is 2. The van der Waals surface area contributed by atoms with Crippen molar-refractivity contribution in [1.82, 2.24) is 5.32 Å². The first-order valence-electron chi connectivity index (χ1n) is 6.67. The number of nitrogens with zero attached hydrogens (tertiary/aromatic N) is 1. The van der Waals surface area contributed by atoms with Crippen LogP contribution >= 0.6 is 0 Å². The van der Waals surface area contributed by atoms with Gasteiger partial charge in [-0.3, -0.25) is 4.79 Å². The zero-order chi connectivity index (χ0) is 14.1. The molecule has 0 saturated heterocycles. The second-order valence-electron chi connectivity index (χ2n) is 4.18.